The first-order chi connectivity index (χ1) is 8.56. The van der Waals surface area contributed by atoms with Gasteiger partial charge in [0.05, 0.1) is 0 Å². The highest BCUT2D eigenvalue weighted by molar-refractivity contribution is 9.09. The van der Waals surface area contributed by atoms with Gasteiger partial charge in [-0.2, -0.15) is 0 Å². The minimum absolute atomic E-state index is 0.134. The van der Waals surface area contributed by atoms with Crippen molar-refractivity contribution in [2.75, 3.05) is 18.9 Å². The van der Waals surface area contributed by atoms with Crippen LogP contribution in [0.25, 0.3) is 0 Å². The average molecular weight is 312 g/mol. The van der Waals surface area contributed by atoms with Crippen LogP contribution < -0.4 is 0 Å². The van der Waals surface area contributed by atoms with Crippen molar-refractivity contribution in [3.63, 3.8) is 0 Å². The van der Waals surface area contributed by atoms with Gasteiger partial charge < -0.3 is 4.90 Å². The summed E-state index contributed by atoms with van der Waals surface area (Å²) in [6.45, 7) is 4.84. The van der Waals surface area contributed by atoms with Gasteiger partial charge in [-0.1, -0.05) is 40.0 Å². The highest BCUT2D eigenvalue weighted by Crippen LogP contribution is 2.13. The smallest absolute Gasteiger partial charge is 0.253 e. The molecule has 0 radical (unpaired) electrons. The number of aryl methyl sites for hydroxylation is 2. The number of carbonyl (C=O) groups excluding carboxylic acids is 1. The van der Waals surface area contributed by atoms with Crippen LogP contribution in [0.5, 0.6) is 0 Å². The Kier molecular flexibility index (Phi) is 6.41. The monoisotopic (exact) mass is 311 g/mol. The Morgan fingerprint density at radius 1 is 1.22 bits per heavy atom. The Morgan fingerprint density at radius 3 is 2.61 bits per heavy atom. The van der Waals surface area contributed by atoms with Crippen molar-refractivity contribution in [1.82, 2.24) is 4.90 Å². The Hall–Kier alpha value is -0.830. The maximum Gasteiger partial charge on any atom is 0.253 e. The highest BCUT2D eigenvalue weighted by Gasteiger charge is 2.13. The predicted octanol–water partition coefficient (Wildman–Crippen LogP) is 3.94. The number of alkyl halides is 1. The van der Waals surface area contributed by atoms with E-state index in [0.29, 0.717) is 0 Å². The van der Waals surface area contributed by atoms with E-state index in [4.69, 9.17) is 0 Å². The summed E-state index contributed by atoms with van der Waals surface area (Å²) in [4.78, 5) is 14.1. The number of carbonyl (C=O) groups is 1. The molecule has 0 spiro atoms. The van der Waals surface area contributed by atoms with Crippen LogP contribution in [0.1, 0.15) is 40.7 Å². The van der Waals surface area contributed by atoms with Gasteiger partial charge in [0.15, 0.2) is 0 Å². The van der Waals surface area contributed by atoms with E-state index in [2.05, 4.69) is 15.9 Å². The molecular formula is C15H22BrNO. The number of halogens is 1. The third-order valence-corrected chi connectivity index (χ3v) is 3.66. The van der Waals surface area contributed by atoms with E-state index in [1.165, 1.54) is 6.42 Å². The van der Waals surface area contributed by atoms with E-state index in [0.717, 1.165) is 41.4 Å². The fourth-order valence-electron chi connectivity index (χ4n) is 1.89. The number of rotatable bonds is 6. The van der Waals surface area contributed by atoms with Gasteiger partial charge in [-0.3, -0.25) is 4.79 Å². The molecule has 0 saturated heterocycles. The lowest BCUT2D eigenvalue weighted by Gasteiger charge is -2.18. The van der Waals surface area contributed by atoms with Gasteiger partial charge in [0.2, 0.25) is 0 Å². The van der Waals surface area contributed by atoms with Crippen molar-refractivity contribution in [3.05, 3.63) is 34.9 Å². The fraction of sp³-hybridized carbons (Fsp3) is 0.533. The molecule has 0 aromatic heterocycles. The van der Waals surface area contributed by atoms with Crippen molar-refractivity contribution < 1.29 is 4.79 Å². The molecule has 0 aliphatic heterocycles. The summed E-state index contributed by atoms with van der Waals surface area (Å²) < 4.78 is 0. The largest absolute Gasteiger partial charge is 0.342 e. The molecule has 2 nitrogen and oxygen atoms in total. The molecular weight excluding hydrogens is 290 g/mol. The summed E-state index contributed by atoms with van der Waals surface area (Å²) >= 11 is 3.42. The topological polar surface area (TPSA) is 20.3 Å². The maximum absolute atomic E-state index is 12.3. The molecule has 0 unspecified atom stereocenters. The van der Waals surface area contributed by atoms with Gasteiger partial charge in [0, 0.05) is 24.5 Å². The fourth-order valence-corrected chi connectivity index (χ4v) is 2.29. The Morgan fingerprint density at radius 2 is 1.94 bits per heavy atom. The molecule has 100 valence electrons. The molecule has 3 heteroatoms. The van der Waals surface area contributed by atoms with E-state index < -0.39 is 0 Å². The molecule has 0 bridgehead atoms. The number of unbranched alkanes of at least 4 members (excludes halogenated alkanes) is 2. The number of hydrogen-bond donors (Lipinski definition) is 0. The third-order valence-electron chi connectivity index (χ3n) is 3.10. The summed E-state index contributed by atoms with van der Waals surface area (Å²) in [6.07, 6.45) is 3.40. The van der Waals surface area contributed by atoms with Gasteiger partial charge in [-0.05, 0) is 38.3 Å². The van der Waals surface area contributed by atoms with Crippen LogP contribution >= 0.6 is 15.9 Å². The van der Waals surface area contributed by atoms with Gasteiger partial charge in [0.1, 0.15) is 0 Å². The average Bonchev–Trinajstić information content (AvgIpc) is 2.36. The Bertz CT molecular complexity index is 403. The van der Waals surface area contributed by atoms with Crippen LogP contribution in [0.3, 0.4) is 0 Å². The second-order valence-electron chi connectivity index (χ2n) is 4.79. The molecule has 1 aromatic rings. The lowest BCUT2D eigenvalue weighted by atomic mass is 10.0. The molecule has 0 fully saturated rings. The van der Waals surface area contributed by atoms with Crippen molar-refractivity contribution in [3.8, 4) is 0 Å². The Balaban J connectivity index is 2.60. The van der Waals surface area contributed by atoms with E-state index in [1.807, 2.05) is 44.0 Å². The number of benzene rings is 1. The molecule has 0 saturated carbocycles. The second kappa shape index (κ2) is 7.57. The van der Waals surface area contributed by atoms with E-state index in [1.54, 1.807) is 0 Å². The lowest BCUT2D eigenvalue weighted by molar-refractivity contribution is 0.0792. The zero-order valence-corrected chi connectivity index (χ0v) is 13.1. The maximum atomic E-state index is 12.3. The molecule has 1 rings (SSSR count). The second-order valence-corrected chi connectivity index (χ2v) is 5.59. The van der Waals surface area contributed by atoms with Gasteiger partial charge in [-0.25, -0.2) is 0 Å². The normalized spacial score (nSPS) is 10.4. The Labute approximate surface area is 119 Å². The van der Waals surface area contributed by atoms with Crippen molar-refractivity contribution in [2.45, 2.75) is 33.1 Å². The van der Waals surface area contributed by atoms with Gasteiger partial charge in [-0.15, -0.1) is 0 Å². The van der Waals surface area contributed by atoms with Crippen LogP contribution in [0.2, 0.25) is 0 Å². The zero-order chi connectivity index (χ0) is 13.5. The van der Waals surface area contributed by atoms with E-state index in [9.17, 15) is 4.79 Å². The quantitative estimate of drug-likeness (QED) is 0.575. The van der Waals surface area contributed by atoms with Crippen molar-refractivity contribution in [2.24, 2.45) is 0 Å². The number of hydrogen-bond acceptors (Lipinski definition) is 1. The van der Waals surface area contributed by atoms with Crippen LogP contribution in [-0.2, 0) is 0 Å². The van der Waals surface area contributed by atoms with Crippen molar-refractivity contribution in [1.29, 1.82) is 0 Å². The molecule has 0 aliphatic carbocycles. The summed E-state index contributed by atoms with van der Waals surface area (Å²) in [7, 11) is 1.89. The molecule has 0 atom stereocenters. The first kappa shape index (κ1) is 15.2. The van der Waals surface area contributed by atoms with Gasteiger partial charge >= 0.3 is 0 Å². The minimum atomic E-state index is 0.134. The number of nitrogens with zero attached hydrogens (tertiary/aromatic N) is 1. The molecule has 0 aliphatic rings. The summed E-state index contributed by atoms with van der Waals surface area (Å²) in [5.41, 5.74) is 3.02. The van der Waals surface area contributed by atoms with Gasteiger partial charge in [0.25, 0.3) is 5.91 Å². The lowest BCUT2D eigenvalue weighted by Crippen LogP contribution is -2.28. The van der Waals surface area contributed by atoms with Crippen LogP contribution in [0.15, 0.2) is 18.2 Å². The van der Waals surface area contributed by atoms with E-state index in [-0.39, 0.29) is 5.91 Å². The van der Waals surface area contributed by atoms with Crippen molar-refractivity contribution >= 4 is 21.8 Å². The van der Waals surface area contributed by atoms with E-state index >= 15 is 0 Å². The molecule has 1 aromatic carbocycles. The first-order valence-electron chi connectivity index (χ1n) is 6.45. The molecule has 18 heavy (non-hydrogen) atoms. The third kappa shape index (κ3) is 4.45. The van der Waals surface area contributed by atoms with Crippen LogP contribution in [0, 0.1) is 13.8 Å². The number of amides is 1. The highest BCUT2D eigenvalue weighted by atomic mass is 79.9. The predicted molar refractivity (Wildman–Crippen MR) is 80.5 cm³/mol. The molecule has 0 heterocycles. The molecule has 0 N–H and O–H groups in total. The summed E-state index contributed by atoms with van der Waals surface area (Å²) in [5, 5.41) is 1.04. The first-order valence-corrected chi connectivity index (χ1v) is 7.57. The zero-order valence-electron chi connectivity index (χ0n) is 11.5. The summed E-state index contributed by atoms with van der Waals surface area (Å²) in [6, 6.07) is 6.04. The summed E-state index contributed by atoms with van der Waals surface area (Å²) in [5.74, 6) is 0.134. The molecule has 1 amide bonds. The van der Waals surface area contributed by atoms with Crippen LogP contribution in [0.4, 0.5) is 0 Å². The SMILES string of the molecule is Cc1ccc(C)c(C(=O)N(C)CCCCCBr)c1. The standard InChI is InChI=1S/C15H22BrNO/c1-12-7-8-13(2)14(11-12)15(18)17(3)10-6-4-5-9-16/h7-8,11H,4-6,9-10H2,1-3H3. The minimum Gasteiger partial charge on any atom is -0.342 e. The van der Waals surface area contributed by atoms with Crippen LogP contribution in [-0.4, -0.2) is 29.7 Å².